The Hall–Kier alpha value is -4.35. The lowest BCUT2D eigenvalue weighted by Crippen LogP contribution is -2.47. The maximum absolute atomic E-state index is 12.9. The predicted octanol–water partition coefficient (Wildman–Crippen LogP) is 1.98. The van der Waals surface area contributed by atoms with Gasteiger partial charge < -0.3 is 46.2 Å². The molecule has 0 aliphatic heterocycles. The van der Waals surface area contributed by atoms with Crippen LogP contribution in [0.15, 0.2) is 30.3 Å². The highest BCUT2D eigenvalue weighted by Gasteiger charge is 2.23. The number of phenols is 5. The van der Waals surface area contributed by atoms with Gasteiger partial charge in [0.1, 0.15) is 11.6 Å². The molecule has 0 bridgehead atoms. The highest BCUT2D eigenvalue weighted by molar-refractivity contribution is 5.98. The number of alkyl carbamates (subject to hydrolysis) is 1. The quantitative estimate of drug-likeness (QED) is 0.171. The van der Waals surface area contributed by atoms with Crippen LogP contribution in [0.2, 0.25) is 0 Å². The molecule has 2 rings (SSSR count). The summed E-state index contributed by atoms with van der Waals surface area (Å²) in [6.07, 6.45) is 0.142. The zero-order valence-corrected chi connectivity index (χ0v) is 20.9. The van der Waals surface area contributed by atoms with Crippen LogP contribution >= 0.6 is 0 Å². The molecule has 0 heterocycles. The van der Waals surface area contributed by atoms with Gasteiger partial charge in [-0.05, 0) is 69.9 Å². The van der Waals surface area contributed by atoms with Crippen molar-refractivity contribution < 1.29 is 44.7 Å². The third-order valence-corrected chi connectivity index (χ3v) is 5.04. The van der Waals surface area contributed by atoms with Crippen LogP contribution in [-0.2, 0) is 16.0 Å². The molecule has 0 aromatic heterocycles. The largest absolute Gasteiger partial charge is 0.504 e. The van der Waals surface area contributed by atoms with E-state index in [9.17, 15) is 39.9 Å². The molecule has 0 radical (unpaired) electrons. The van der Waals surface area contributed by atoms with E-state index in [4.69, 9.17) is 4.74 Å². The molecule has 12 heteroatoms. The second-order valence-electron chi connectivity index (χ2n) is 9.32. The lowest BCUT2D eigenvalue weighted by atomic mass is 10.1. The Labute approximate surface area is 213 Å². The highest BCUT2D eigenvalue weighted by Crippen LogP contribution is 2.35. The second-order valence-corrected chi connectivity index (χ2v) is 9.32. The van der Waals surface area contributed by atoms with E-state index < -0.39 is 46.8 Å². The Morgan fingerprint density at radius 2 is 1.51 bits per heavy atom. The first-order valence-electron chi connectivity index (χ1n) is 11.6. The van der Waals surface area contributed by atoms with Gasteiger partial charge >= 0.3 is 6.09 Å². The van der Waals surface area contributed by atoms with Crippen LogP contribution in [-0.4, -0.2) is 68.2 Å². The van der Waals surface area contributed by atoms with Gasteiger partial charge in [0.2, 0.25) is 5.91 Å². The molecular formula is C25H33N3O9. The summed E-state index contributed by atoms with van der Waals surface area (Å²) in [5, 5.41) is 55.7. The van der Waals surface area contributed by atoms with Crippen molar-refractivity contribution >= 4 is 17.9 Å². The van der Waals surface area contributed by atoms with Crippen LogP contribution in [0.4, 0.5) is 4.79 Å². The van der Waals surface area contributed by atoms with Gasteiger partial charge in [0.25, 0.3) is 5.91 Å². The van der Waals surface area contributed by atoms with Crippen molar-refractivity contribution in [3.8, 4) is 28.7 Å². The molecule has 8 N–H and O–H groups in total. The molecule has 0 aliphatic rings. The van der Waals surface area contributed by atoms with Crippen LogP contribution in [0.1, 0.15) is 49.5 Å². The normalized spacial score (nSPS) is 11.9. The summed E-state index contributed by atoms with van der Waals surface area (Å²) in [6, 6.07) is 5.13. The van der Waals surface area contributed by atoms with E-state index in [-0.39, 0.29) is 36.6 Å². The number of amides is 3. The van der Waals surface area contributed by atoms with E-state index in [2.05, 4.69) is 16.0 Å². The molecule has 0 aliphatic carbocycles. The van der Waals surface area contributed by atoms with Gasteiger partial charge in [0.05, 0.1) is 0 Å². The minimum absolute atomic E-state index is 0.128. The van der Waals surface area contributed by atoms with Crippen LogP contribution < -0.4 is 16.0 Å². The molecule has 37 heavy (non-hydrogen) atoms. The molecule has 2 aromatic rings. The van der Waals surface area contributed by atoms with Crippen molar-refractivity contribution in [1.82, 2.24) is 16.0 Å². The van der Waals surface area contributed by atoms with E-state index in [0.29, 0.717) is 18.4 Å². The maximum atomic E-state index is 12.9. The zero-order valence-electron chi connectivity index (χ0n) is 20.9. The van der Waals surface area contributed by atoms with Crippen LogP contribution in [0, 0.1) is 0 Å². The molecule has 12 nitrogen and oxygen atoms in total. The number of nitrogens with one attached hydrogen (secondary N) is 3. The molecule has 1 atom stereocenters. The minimum Gasteiger partial charge on any atom is -0.504 e. The first-order valence-corrected chi connectivity index (χ1v) is 11.6. The molecule has 0 unspecified atom stereocenters. The van der Waals surface area contributed by atoms with E-state index in [1.807, 2.05) is 0 Å². The maximum Gasteiger partial charge on any atom is 0.407 e. The van der Waals surface area contributed by atoms with E-state index >= 15 is 0 Å². The summed E-state index contributed by atoms with van der Waals surface area (Å²) < 4.78 is 5.16. The summed E-state index contributed by atoms with van der Waals surface area (Å²) in [6.45, 7) is 5.50. The number of hydrogen-bond acceptors (Lipinski definition) is 9. The van der Waals surface area contributed by atoms with Crippen LogP contribution in [0.5, 0.6) is 28.7 Å². The van der Waals surface area contributed by atoms with Gasteiger partial charge in [0.15, 0.2) is 28.7 Å². The average molecular weight is 520 g/mol. The average Bonchev–Trinajstić information content (AvgIpc) is 2.80. The fraction of sp³-hybridized carbons (Fsp3) is 0.400. The van der Waals surface area contributed by atoms with Crippen molar-refractivity contribution in [3.63, 3.8) is 0 Å². The second kappa shape index (κ2) is 12.6. The summed E-state index contributed by atoms with van der Waals surface area (Å²) >= 11 is 0. The smallest absolute Gasteiger partial charge is 0.407 e. The summed E-state index contributed by atoms with van der Waals surface area (Å²) in [5.41, 5.74) is -0.194. The number of rotatable bonds is 10. The molecule has 0 saturated heterocycles. The Morgan fingerprint density at radius 3 is 2.11 bits per heavy atom. The molecule has 202 valence electrons. The van der Waals surface area contributed by atoms with Gasteiger partial charge in [-0.3, -0.25) is 9.59 Å². The van der Waals surface area contributed by atoms with Crippen molar-refractivity contribution in [1.29, 1.82) is 0 Å². The SMILES string of the molecule is CC(C)(C)OC(=O)NCCC[C@H](NC(=O)c1cc(O)c(O)c(O)c1)C(=O)NCCc1ccc(O)c(O)c1. The molecule has 0 saturated carbocycles. The van der Waals surface area contributed by atoms with Crippen molar-refractivity contribution in [3.05, 3.63) is 41.5 Å². The van der Waals surface area contributed by atoms with Crippen molar-refractivity contribution in [2.75, 3.05) is 13.1 Å². The fourth-order valence-electron chi connectivity index (χ4n) is 3.23. The number of carbonyl (C=O) groups is 3. The number of ether oxygens (including phenoxy) is 1. The van der Waals surface area contributed by atoms with Gasteiger partial charge in [-0.1, -0.05) is 6.07 Å². The third-order valence-electron chi connectivity index (χ3n) is 5.04. The monoisotopic (exact) mass is 519 g/mol. The molecule has 0 spiro atoms. The highest BCUT2D eigenvalue weighted by atomic mass is 16.6. The minimum atomic E-state index is -1.04. The molecular weight excluding hydrogens is 486 g/mol. The predicted molar refractivity (Wildman–Crippen MR) is 133 cm³/mol. The summed E-state index contributed by atoms with van der Waals surface area (Å²) in [5.74, 6) is -4.04. The molecule has 2 aromatic carbocycles. The first kappa shape index (κ1) is 28.9. The zero-order chi connectivity index (χ0) is 27.8. The summed E-state index contributed by atoms with van der Waals surface area (Å²) in [4.78, 5) is 37.4. The number of hydrogen-bond donors (Lipinski definition) is 8. The van der Waals surface area contributed by atoms with Crippen molar-refractivity contribution in [2.45, 2.75) is 51.7 Å². The lowest BCUT2D eigenvalue weighted by molar-refractivity contribution is -0.123. The first-order chi connectivity index (χ1) is 17.3. The topological polar surface area (TPSA) is 198 Å². The van der Waals surface area contributed by atoms with Gasteiger partial charge in [-0.2, -0.15) is 0 Å². The van der Waals surface area contributed by atoms with E-state index in [0.717, 1.165) is 12.1 Å². The Balaban J connectivity index is 2.02. The number of aromatic hydroxyl groups is 5. The molecule has 3 amide bonds. The van der Waals surface area contributed by atoms with Gasteiger partial charge in [0, 0.05) is 18.7 Å². The Morgan fingerprint density at radius 1 is 0.865 bits per heavy atom. The number of phenolic OH excluding ortho intramolecular Hbond substituents is 5. The van der Waals surface area contributed by atoms with E-state index in [1.54, 1.807) is 26.8 Å². The Kier molecular flexibility index (Phi) is 9.81. The number of carbonyl (C=O) groups excluding carboxylic acids is 3. The standard InChI is InChI=1S/C25H33N3O9/c1-25(2,3)37-24(36)27-9-4-5-16(28-22(34)15-12-19(31)21(33)20(32)13-15)23(35)26-10-8-14-6-7-17(29)18(30)11-14/h6-7,11-13,16,29-33H,4-5,8-10H2,1-3H3,(H,26,35)(H,27,36)(H,28,34)/t16-/m0/s1. The van der Waals surface area contributed by atoms with Crippen LogP contribution in [0.3, 0.4) is 0 Å². The fourth-order valence-corrected chi connectivity index (χ4v) is 3.23. The summed E-state index contributed by atoms with van der Waals surface area (Å²) in [7, 11) is 0. The van der Waals surface area contributed by atoms with Gasteiger partial charge in [-0.15, -0.1) is 0 Å². The van der Waals surface area contributed by atoms with Gasteiger partial charge in [-0.25, -0.2) is 4.79 Å². The van der Waals surface area contributed by atoms with E-state index in [1.165, 1.54) is 12.1 Å². The Bertz CT molecular complexity index is 1110. The van der Waals surface area contributed by atoms with Crippen LogP contribution in [0.25, 0.3) is 0 Å². The number of benzene rings is 2. The molecule has 0 fully saturated rings. The third kappa shape index (κ3) is 9.32. The van der Waals surface area contributed by atoms with Crippen molar-refractivity contribution in [2.24, 2.45) is 0 Å². The lowest BCUT2D eigenvalue weighted by Gasteiger charge is -2.21.